The zero-order valence-electron chi connectivity index (χ0n) is 51.8. The molecule has 11 heteroatoms. The molecule has 0 aliphatic carbocycles. The Hall–Kier alpha value is -1.93. The van der Waals surface area contributed by atoms with E-state index >= 15 is 0 Å². The molecule has 1 amide bonds. The Morgan fingerprint density at radius 3 is 1.19 bits per heavy atom. The van der Waals surface area contributed by atoms with Crippen molar-refractivity contribution in [1.82, 2.24) is 5.32 Å². The van der Waals surface area contributed by atoms with Crippen molar-refractivity contribution in [3.63, 3.8) is 0 Å². The molecule has 0 bridgehead atoms. The van der Waals surface area contributed by atoms with Gasteiger partial charge in [-0.25, -0.2) is 0 Å². The summed E-state index contributed by atoms with van der Waals surface area (Å²) in [7, 11) is 0. The number of rotatable bonds is 59. The van der Waals surface area contributed by atoms with E-state index in [0.717, 1.165) is 44.9 Å². The number of allylic oxidation sites excluding steroid dienone is 8. The second-order valence-corrected chi connectivity index (χ2v) is 23.9. The van der Waals surface area contributed by atoms with E-state index in [9.17, 15) is 40.5 Å². The van der Waals surface area contributed by atoms with Crippen molar-refractivity contribution in [2.75, 3.05) is 13.2 Å². The largest absolute Gasteiger partial charge is 0.394 e. The number of ether oxygens (including phenoxy) is 2. The maximum absolute atomic E-state index is 13.2. The van der Waals surface area contributed by atoms with Crippen LogP contribution >= 0.6 is 0 Å². The number of nitrogens with one attached hydrogen (secondary N) is 1. The summed E-state index contributed by atoms with van der Waals surface area (Å²) < 4.78 is 11.2. The van der Waals surface area contributed by atoms with Gasteiger partial charge in [0.1, 0.15) is 36.6 Å². The Bertz CT molecular complexity index is 1440. The average molecular weight is 1130 g/mol. The number of hydrogen-bond acceptors (Lipinski definition) is 10. The fraction of sp³-hybridized carbons (Fsp3) is 0.870. The van der Waals surface area contributed by atoms with Crippen LogP contribution in [0.2, 0.25) is 0 Å². The predicted molar refractivity (Wildman–Crippen MR) is 335 cm³/mol. The summed E-state index contributed by atoms with van der Waals surface area (Å²) in [6, 6.07) is -1.19. The molecular formula is C69H129NO10. The van der Waals surface area contributed by atoms with Gasteiger partial charge in [0.2, 0.25) is 5.91 Å². The van der Waals surface area contributed by atoms with Crippen molar-refractivity contribution in [3.05, 3.63) is 48.6 Å². The van der Waals surface area contributed by atoms with Crippen molar-refractivity contribution in [2.24, 2.45) is 0 Å². The molecular weight excluding hydrogens is 1000 g/mol. The van der Waals surface area contributed by atoms with Crippen molar-refractivity contribution < 1.29 is 50.0 Å². The van der Waals surface area contributed by atoms with Gasteiger partial charge in [-0.3, -0.25) is 4.79 Å². The average Bonchev–Trinajstić information content (AvgIpc) is 3.47. The van der Waals surface area contributed by atoms with Crippen molar-refractivity contribution >= 4 is 5.91 Å². The number of unbranched alkanes of at least 4 members (excludes halogenated alkanes) is 39. The van der Waals surface area contributed by atoms with Crippen LogP contribution in [0.15, 0.2) is 48.6 Å². The Labute approximate surface area is 491 Å². The first-order valence-electron chi connectivity index (χ1n) is 34.0. The Morgan fingerprint density at radius 2 is 0.787 bits per heavy atom. The molecule has 1 aliphatic rings. The second kappa shape index (κ2) is 57.5. The lowest BCUT2D eigenvalue weighted by molar-refractivity contribution is -0.303. The molecule has 0 aromatic carbocycles. The van der Waals surface area contributed by atoms with Crippen LogP contribution in [0.25, 0.3) is 0 Å². The molecule has 0 saturated carbocycles. The van der Waals surface area contributed by atoms with E-state index in [1.807, 2.05) is 0 Å². The van der Waals surface area contributed by atoms with Crippen LogP contribution in [0.1, 0.15) is 316 Å². The lowest BCUT2D eigenvalue weighted by Crippen LogP contribution is -2.60. The van der Waals surface area contributed by atoms with Crippen molar-refractivity contribution in [1.29, 1.82) is 0 Å². The lowest BCUT2D eigenvalue weighted by atomic mass is 9.98. The molecule has 1 rings (SSSR count). The van der Waals surface area contributed by atoms with E-state index in [1.165, 1.54) is 225 Å². The molecule has 0 spiro atoms. The Morgan fingerprint density at radius 1 is 0.438 bits per heavy atom. The van der Waals surface area contributed by atoms with Gasteiger partial charge in [0, 0.05) is 0 Å². The highest BCUT2D eigenvalue weighted by Crippen LogP contribution is 2.24. The van der Waals surface area contributed by atoms with Crippen LogP contribution in [-0.2, 0) is 14.3 Å². The Kier molecular flexibility index (Phi) is 54.7. The molecule has 1 aliphatic heterocycles. The summed E-state index contributed by atoms with van der Waals surface area (Å²) in [5.74, 6) is -0.707. The monoisotopic (exact) mass is 1130 g/mol. The summed E-state index contributed by atoms with van der Waals surface area (Å²) in [5, 5.41) is 76.3. The summed E-state index contributed by atoms with van der Waals surface area (Å²) in [6.07, 6.45) is 63.4. The van der Waals surface area contributed by atoms with Gasteiger partial charge in [0.05, 0.1) is 25.4 Å². The third kappa shape index (κ3) is 44.6. The molecule has 1 saturated heterocycles. The fourth-order valence-corrected chi connectivity index (χ4v) is 10.8. The van der Waals surface area contributed by atoms with Crippen LogP contribution in [0.4, 0.5) is 0 Å². The number of hydrogen-bond donors (Lipinski definition) is 8. The molecule has 9 unspecified atom stereocenters. The molecule has 9 atom stereocenters. The molecule has 0 aromatic rings. The minimum absolute atomic E-state index is 0.246. The third-order valence-electron chi connectivity index (χ3n) is 16.3. The van der Waals surface area contributed by atoms with Crippen molar-refractivity contribution in [2.45, 2.75) is 371 Å². The number of amides is 1. The number of aliphatic hydroxyl groups excluding tert-OH is 7. The minimum Gasteiger partial charge on any atom is -0.394 e. The van der Waals surface area contributed by atoms with Crippen molar-refractivity contribution in [3.8, 4) is 0 Å². The Balaban J connectivity index is 2.20. The van der Waals surface area contributed by atoms with Gasteiger partial charge in [-0.15, -0.1) is 0 Å². The maximum Gasteiger partial charge on any atom is 0.249 e. The molecule has 80 heavy (non-hydrogen) atoms. The number of aliphatic hydroxyl groups is 7. The zero-order valence-corrected chi connectivity index (χ0v) is 51.8. The van der Waals surface area contributed by atoms with E-state index in [0.29, 0.717) is 19.3 Å². The lowest BCUT2D eigenvalue weighted by Gasteiger charge is -2.40. The van der Waals surface area contributed by atoms with Gasteiger partial charge in [-0.2, -0.15) is 0 Å². The molecule has 1 fully saturated rings. The van der Waals surface area contributed by atoms with E-state index < -0.39 is 74.2 Å². The first kappa shape index (κ1) is 76.1. The summed E-state index contributed by atoms with van der Waals surface area (Å²) in [4.78, 5) is 13.2. The molecule has 0 radical (unpaired) electrons. The standard InChI is InChI=1S/C69H129NO10/c1-3-5-7-9-11-13-15-17-19-21-23-24-25-26-27-28-29-30-31-32-33-34-35-36-37-39-41-43-45-47-49-51-53-55-57-62(73)68(78)70-60(59-79-69-67(77)66(76)65(75)63(58-71)80-69)64(74)61(72)56-54-52-50-48-46-44-42-40-38-22-20-18-16-14-12-10-8-6-4-2/h25-26,28-29,40,42,48,50,60-67,69,71-77H,3-24,27,30-39,41,43-47,49,51-59H2,1-2H3,(H,70,78)/b26-25-,29-28-,42-40+,50-48+. The first-order valence-corrected chi connectivity index (χ1v) is 34.0. The van der Waals surface area contributed by atoms with Crippen LogP contribution in [0, 0.1) is 0 Å². The fourth-order valence-electron chi connectivity index (χ4n) is 10.8. The summed E-state index contributed by atoms with van der Waals surface area (Å²) >= 11 is 0. The van der Waals surface area contributed by atoms with E-state index in [4.69, 9.17) is 9.47 Å². The highest BCUT2D eigenvalue weighted by atomic mass is 16.7. The molecule has 8 N–H and O–H groups in total. The van der Waals surface area contributed by atoms with Gasteiger partial charge in [0.15, 0.2) is 6.29 Å². The quantitative estimate of drug-likeness (QED) is 0.0215. The molecule has 0 aromatic heterocycles. The zero-order chi connectivity index (χ0) is 58.2. The van der Waals surface area contributed by atoms with E-state index in [1.54, 1.807) is 0 Å². The van der Waals surface area contributed by atoms with Gasteiger partial charge in [-0.05, 0) is 83.5 Å². The molecule has 11 nitrogen and oxygen atoms in total. The third-order valence-corrected chi connectivity index (χ3v) is 16.3. The summed E-state index contributed by atoms with van der Waals surface area (Å²) in [6.45, 7) is 3.47. The normalized spacial score (nSPS) is 19.5. The van der Waals surface area contributed by atoms with Crippen LogP contribution < -0.4 is 5.32 Å². The predicted octanol–water partition coefficient (Wildman–Crippen LogP) is 16.0. The van der Waals surface area contributed by atoms with Crippen LogP contribution in [-0.4, -0.2) is 110 Å². The van der Waals surface area contributed by atoms with E-state index in [-0.39, 0.29) is 12.8 Å². The van der Waals surface area contributed by atoms with Gasteiger partial charge < -0.3 is 50.5 Å². The molecule has 1 heterocycles. The van der Waals surface area contributed by atoms with Gasteiger partial charge >= 0.3 is 0 Å². The minimum atomic E-state index is -1.67. The van der Waals surface area contributed by atoms with E-state index in [2.05, 4.69) is 67.8 Å². The summed E-state index contributed by atoms with van der Waals surface area (Å²) in [5.41, 5.74) is 0. The maximum atomic E-state index is 13.2. The second-order valence-electron chi connectivity index (χ2n) is 23.9. The first-order chi connectivity index (χ1) is 39.2. The topological polar surface area (TPSA) is 189 Å². The highest BCUT2D eigenvalue weighted by Gasteiger charge is 2.44. The van der Waals surface area contributed by atoms with Crippen LogP contribution in [0.5, 0.6) is 0 Å². The highest BCUT2D eigenvalue weighted by molar-refractivity contribution is 5.80. The van der Waals surface area contributed by atoms with Gasteiger partial charge in [0.25, 0.3) is 0 Å². The number of carbonyl (C=O) groups is 1. The molecule has 470 valence electrons. The number of carbonyl (C=O) groups excluding carboxylic acids is 1. The van der Waals surface area contributed by atoms with Gasteiger partial charge in [-0.1, -0.05) is 281 Å². The SMILES string of the molecule is CCCCCCCCCCCC/C=C/CC/C=C/CCCC(O)C(O)C(COC1OC(CO)C(O)C(O)C1O)NC(=O)C(O)CCCCCCCCCCCCCCCCCC/C=C\C/C=C\CCCCCCCCCCCCC. The smallest absolute Gasteiger partial charge is 0.249 e. The van der Waals surface area contributed by atoms with Crippen LogP contribution in [0.3, 0.4) is 0 Å².